The molecule has 0 aromatic carbocycles. The van der Waals surface area contributed by atoms with Crippen LogP contribution in [0.5, 0.6) is 0 Å². The van der Waals surface area contributed by atoms with E-state index in [0.29, 0.717) is 0 Å². The summed E-state index contributed by atoms with van der Waals surface area (Å²) in [4.78, 5) is 2.64. The summed E-state index contributed by atoms with van der Waals surface area (Å²) in [6.07, 6.45) is 8.51. The van der Waals surface area contributed by atoms with Crippen LogP contribution in [-0.2, 0) is 0 Å². The Hall–Kier alpha value is -0.0800. The van der Waals surface area contributed by atoms with Crippen LogP contribution in [0.1, 0.15) is 45.4 Å². The molecule has 2 heteroatoms. The first-order chi connectivity index (χ1) is 6.77. The van der Waals surface area contributed by atoms with Gasteiger partial charge in [0.05, 0.1) is 0 Å². The van der Waals surface area contributed by atoms with Crippen LogP contribution in [0.25, 0.3) is 0 Å². The van der Waals surface area contributed by atoms with Gasteiger partial charge in [-0.1, -0.05) is 12.8 Å². The SMILES string of the molecule is CC1CCC(N(C)C2CCCC2)CN1. The van der Waals surface area contributed by atoms with Crippen LogP contribution < -0.4 is 5.32 Å². The third-order valence-electron chi connectivity index (χ3n) is 4.11. The Morgan fingerprint density at radius 1 is 1.00 bits per heavy atom. The fourth-order valence-corrected chi connectivity index (χ4v) is 2.94. The topological polar surface area (TPSA) is 15.3 Å². The molecule has 0 aromatic rings. The van der Waals surface area contributed by atoms with E-state index >= 15 is 0 Å². The van der Waals surface area contributed by atoms with Gasteiger partial charge in [-0.3, -0.25) is 4.90 Å². The Morgan fingerprint density at radius 3 is 2.29 bits per heavy atom. The van der Waals surface area contributed by atoms with Gasteiger partial charge in [-0.2, -0.15) is 0 Å². The first-order valence-corrected chi connectivity index (χ1v) is 6.22. The molecule has 1 aliphatic heterocycles. The highest BCUT2D eigenvalue weighted by Crippen LogP contribution is 2.25. The van der Waals surface area contributed by atoms with Crippen LogP contribution in [0.15, 0.2) is 0 Å². The molecule has 0 spiro atoms. The Bertz CT molecular complexity index is 167. The summed E-state index contributed by atoms with van der Waals surface area (Å²) in [6, 6.07) is 2.42. The zero-order valence-electron chi connectivity index (χ0n) is 9.63. The van der Waals surface area contributed by atoms with Gasteiger partial charge in [-0.15, -0.1) is 0 Å². The molecule has 1 saturated carbocycles. The maximum absolute atomic E-state index is 3.59. The van der Waals surface area contributed by atoms with Crippen molar-refractivity contribution >= 4 is 0 Å². The monoisotopic (exact) mass is 196 g/mol. The summed E-state index contributed by atoms with van der Waals surface area (Å²) in [5, 5.41) is 3.59. The second-order valence-electron chi connectivity index (χ2n) is 5.14. The largest absolute Gasteiger partial charge is 0.313 e. The van der Waals surface area contributed by atoms with Crippen LogP contribution in [-0.4, -0.2) is 36.6 Å². The summed E-state index contributed by atoms with van der Waals surface area (Å²) in [5.74, 6) is 0. The van der Waals surface area contributed by atoms with E-state index in [-0.39, 0.29) is 0 Å². The highest BCUT2D eigenvalue weighted by atomic mass is 15.2. The van der Waals surface area contributed by atoms with Gasteiger partial charge < -0.3 is 5.32 Å². The van der Waals surface area contributed by atoms with Gasteiger partial charge in [0.15, 0.2) is 0 Å². The molecule has 0 bridgehead atoms. The van der Waals surface area contributed by atoms with Gasteiger partial charge >= 0.3 is 0 Å². The normalized spacial score (nSPS) is 35.4. The third-order valence-corrected chi connectivity index (χ3v) is 4.11. The second kappa shape index (κ2) is 4.63. The molecular weight excluding hydrogens is 172 g/mol. The minimum absolute atomic E-state index is 0.739. The minimum Gasteiger partial charge on any atom is -0.313 e. The van der Waals surface area contributed by atoms with Gasteiger partial charge in [0.25, 0.3) is 0 Å². The molecule has 2 rings (SSSR count). The van der Waals surface area contributed by atoms with Crippen molar-refractivity contribution in [1.82, 2.24) is 10.2 Å². The molecule has 0 aromatic heterocycles. The molecule has 1 N–H and O–H groups in total. The highest BCUT2D eigenvalue weighted by Gasteiger charge is 2.27. The summed E-state index contributed by atoms with van der Waals surface area (Å²) < 4.78 is 0. The van der Waals surface area contributed by atoms with Crippen molar-refractivity contribution in [3.8, 4) is 0 Å². The summed E-state index contributed by atoms with van der Waals surface area (Å²) in [7, 11) is 2.33. The van der Waals surface area contributed by atoms with E-state index in [2.05, 4.69) is 24.2 Å². The van der Waals surface area contributed by atoms with Gasteiger partial charge in [0.2, 0.25) is 0 Å². The van der Waals surface area contributed by atoms with Crippen molar-refractivity contribution in [2.45, 2.75) is 63.6 Å². The summed E-state index contributed by atoms with van der Waals surface area (Å²) >= 11 is 0. The van der Waals surface area contributed by atoms with E-state index in [0.717, 1.165) is 18.1 Å². The van der Waals surface area contributed by atoms with Crippen LogP contribution in [0.2, 0.25) is 0 Å². The predicted octanol–water partition coefficient (Wildman–Crippen LogP) is 2.00. The van der Waals surface area contributed by atoms with E-state index in [9.17, 15) is 0 Å². The van der Waals surface area contributed by atoms with Crippen LogP contribution in [0.4, 0.5) is 0 Å². The van der Waals surface area contributed by atoms with Gasteiger partial charge in [0.1, 0.15) is 0 Å². The molecule has 0 radical (unpaired) electrons. The highest BCUT2D eigenvalue weighted by molar-refractivity contribution is 4.85. The summed E-state index contributed by atoms with van der Waals surface area (Å²) in [5.41, 5.74) is 0. The number of hydrogen-bond donors (Lipinski definition) is 1. The number of nitrogens with one attached hydrogen (secondary N) is 1. The predicted molar refractivity (Wildman–Crippen MR) is 60.5 cm³/mol. The van der Waals surface area contributed by atoms with Crippen LogP contribution in [0, 0.1) is 0 Å². The molecule has 1 aliphatic carbocycles. The molecule has 82 valence electrons. The van der Waals surface area contributed by atoms with E-state index in [1.165, 1.54) is 45.1 Å². The lowest BCUT2D eigenvalue weighted by Crippen LogP contribution is -2.50. The molecular formula is C12H24N2. The lowest BCUT2D eigenvalue weighted by Gasteiger charge is -2.37. The van der Waals surface area contributed by atoms with E-state index in [1.807, 2.05) is 0 Å². The van der Waals surface area contributed by atoms with E-state index in [4.69, 9.17) is 0 Å². The molecule has 2 unspecified atom stereocenters. The number of hydrogen-bond acceptors (Lipinski definition) is 2. The van der Waals surface area contributed by atoms with Crippen LogP contribution >= 0.6 is 0 Å². The van der Waals surface area contributed by atoms with Crippen molar-refractivity contribution in [2.24, 2.45) is 0 Å². The lowest BCUT2D eigenvalue weighted by molar-refractivity contribution is 0.138. The number of likely N-dealkylation sites (N-methyl/N-ethyl adjacent to an activating group) is 1. The Kier molecular flexibility index (Phi) is 3.45. The number of piperidine rings is 1. The lowest BCUT2D eigenvalue weighted by atomic mass is 9.99. The van der Waals surface area contributed by atoms with Crippen molar-refractivity contribution in [3.05, 3.63) is 0 Å². The third kappa shape index (κ3) is 2.29. The van der Waals surface area contributed by atoms with Crippen molar-refractivity contribution in [1.29, 1.82) is 0 Å². The second-order valence-corrected chi connectivity index (χ2v) is 5.14. The maximum atomic E-state index is 3.59. The molecule has 2 aliphatic rings. The Labute approximate surface area is 88.1 Å². The molecule has 1 heterocycles. The van der Waals surface area contributed by atoms with Crippen molar-refractivity contribution in [3.63, 3.8) is 0 Å². The zero-order chi connectivity index (χ0) is 9.97. The average Bonchev–Trinajstić information content (AvgIpc) is 2.71. The molecule has 14 heavy (non-hydrogen) atoms. The maximum Gasteiger partial charge on any atom is 0.0221 e. The fourth-order valence-electron chi connectivity index (χ4n) is 2.94. The Balaban J connectivity index is 1.82. The summed E-state index contributed by atoms with van der Waals surface area (Å²) in [6.45, 7) is 3.50. The Morgan fingerprint density at radius 2 is 1.71 bits per heavy atom. The molecule has 2 fully saturated rings. The van der Waals surface area contributed by atoms with Gasteiger partial charge in [-0.05, 0) is 39.7 Å². The molecule has 2 nitrogen and oxygen atoms in total. The van der Waals surface area contributed by atoms with Crippen molar-refractivity contribution < 1.29 is 0 Å². The van der Waals surface area contributed by atoms with Crippen LogP contribution in [0.3, 0.4) is 0 Å². The zero-order valence-corrected chi connectivity index (χ0v) is 9.63. The van der Waals surface area contributed by atoms with Crippen molar-refractivity contribution in [2.75, 3.05) is 13.6 Å². The first kappa shape index (κ1) is 10.4. The molecule has 1 saturated heterocycles. The first-order valence-electron chi connectivity index (χ1n) is 6.22. The smallest absolute Gasteiger partial charge is 0.0221 e. The van der Waals surface area contributed by atoms with Gasteiger partial charge in [0, 0.05) is 24.7 Å². The van der Waals surface area contributed by atoms with E-state index in [1.54, 1.807) is 0 Å². The number of rotatable bonds is 2. The van der Waals surface area contributed by atoms with E-state index < -0.39 is 0 Å². The quantitative estimate of drug-likeness (QED) is 0.726. The van der Waals surface area contributed by atoms with Gasteiger partial charge in [-0.25, -0.2) is 0 Å². The molecule has 2 atom stereocenters. The average molecular weight is 196 g/mol. The number of nitrogens with zero attached hydrogens (tertiary/aromatic N) is 1. The fraction of sp³-hybridized carbons (Fsp3) is 1.00. The molecule has 0 amide bonds. The minimum atomic E-state index is 0.739. The standard InChI is InChI=1S/C12H24N2/c1-10-7-8-12(9-13-10)14(2)11-5-3-4-6-11/h10-13H,3-9H2,1-2H3.